The van der Waals surface area contributed by atoms with Crippen molar-refractivity contribution in [3.05, 3.63) is 135 Å². The number of ether oxygens (including phenoxy) is 1. The van der Waals surface area contributed by atoms with Gasteiger partial charge >= 0.3 is 0 Å². The van der Waals surface area contributed by atoms with E-state index in [0.29, 0.717) is 47.5 Å². The Hall–Kier alpha value is -4.68. The standard InChI is InChI=1S/C36H32ClN3O3/c1-3-7-34(41)40-33(26-12-10-24(11-13-26)25-14-17-28(43-2)18-15-25)22-32(39-40)35-30(20-23-8-5-4-6-9-23)29-21-27(37)16-19-31(29)38-36(35)42/h4-6,8-19,21,33H,3,7,20,22H2,1-2H3,(H,38,42). The van der Waals surface area contributed by atoms with Crippen LogP contribution in [0.15, 0.2) is 107 Å². The zero-order chi connectivity index (χ0) is 29.9. The molecule has 43 heavy (non-hydrogen) atoms. The number of methoxy groups -OCH3 is 1. The van der Waals surface area contributed by atoms with Gasteiger partial charge in [0, 0.05) is 28.8 Å². The van der Waals surface area contributed by atoms with Crippen LogP contribution in [-0.4, -0.2) is 28.7 Å². The van der Waals surface area contributed by atoms with Crippen molar-refractivity contribution in [3.63, 3.8) is 0 Å². The number of hydrogen-bond donors (Lipinski definition) is 1. The lowest BCUT2D eigenvalue weighted by molar-refractivity contribution is -0.133. The van der Waals surface area contributed by atoms with Gasteiger partial charge in [-0.05, 0) is 71.0 Å². The number of fused-ring (bicyclic) bond motifs is 1. The third-order valence-corrected chi connectivity index (χ3v) is 8.18. The number of hydrogen-bond acceptors (Lipinski definition) is 4. The number of carbonyl (C=O) groups is 1. The number of rotatable bonds is 8. The highest BCUT2D eigenvalue weighted by Crippen LogP contribution is 2.36. The number of hydrazone groups is 1. The molecule has 5 aromatic rings. The molecule has 1 amide bonds. The average Bonchev–Trinajstić information content (AvgIpc) is 3.47. The summed E-state index contributed by atoms with van der Waals surface area (Å²) in [5.41, 5.74) is 6.61. The molecule has 1 unspecified atom stereocenters. The van der Waals surface area contributed by atoms with E-state index in [-0.39, 0.29) is 17.5 Å². The number of aromatic amines is 1. The number of carbonyl (C=O) groups excluding carboxylic acids is 1. The molecule has 4 aromatic carbocycles. The van der Waals surface area contributed by atoms with Crippen LogP contribution in [0.1, 0.15) is 54.5 Å². The summed E-state index contributed by atoms with van der Waals surface area (Å²) in [6.45, 7) is 1.98. The van der Waals surface area contributed by atoms with E-state index in [1.165, 1.54) is 0 Å². The van der Waals surface area contributed by atoms with Gasteiger partial charge in [-0.3, -0.25) is 9.59 Å². The van der Waals surface area contributed by atoms with Crippen LogP contribution in [-0.2, 0) is 11.2 Å². The SMILES string of the molecule is CCCC(=O)N1N=C(c2c(Cc3ccccc3)c3cc(Cl)ccc3[nH]c2=O)CC1c1ccc(-c2ccc(OC)cc2)cc1. The molecule has 1 aromatic heterocycles. The molecule has 0 radical (unpaired) electrons. The first-order valence-electron chi connectivity index (χ1n) is 14.5. The summed E-state index contributed by atoms with van der Waals surface area (Å²) in [7, 11) is 1.65. The lowest BCUT2D eigenvalue weighted by Gasteiger charge is -2.22. The van der Waals surface area contributed by atoms with Crippen LogP contribution in [0, 0.1) is 0 Å². The average molecular weight is 590 g/mol. The van der Waals surface area contributed by atoms with Gasteiger partial charge in [-0.25, -0.2) is 5.01 Å². The molecule has 0 saturated heterocycles. The molecule has 7 heteroatoms. The van der Waals surface area contributed by atoms with Gasteiger partial charge in [-0.1, -0.05) is 85.3 Å². The minimum atomic E-state index is -0.321. The second kappa shape index (κ2) is 12.3. The monoisotopic (exact) mass is 589 g/mol. The second-order valence-electron chi connectivity index (χ2n) is 10.8. The Kier molecular flexibility index (Phi) is 8.12. The highest BCUT2D eigenvalue weighted by Gasteiger charge is 2.35. The highest BCUT2D eigenvalue weighted by atomic mass is 35.5. The van der Waals surface area contributed by atoms with E-state index >= 15 is 0 Å². The fraction of sp³-hybridized carbons (Fsp3) is 0.194. The first-order chi connectivity index (χ1) is 20.9. The van der Waals surface area contributed by atoms with Gasteiger partial charge in [0.25, 0.3) is 5.56 Å². The Balaban J connectivity index is 1.42. The molecule has 216 valence electrons. The van der Waals surface area contributed by atoms with Crippen molar-refractivity contribution < 1.29 is 9.53 Å². The summed E-state index contributed by atoms with van der Waals surface area (Å²) >= 11 is 6.44. The summed E-state index contributed by atoms with van der Waals surface area (Å²) in [4.78, 5) is 30.1. The number of H-pyrrole nitrogens is 1. The molecule has 1 atom stereocenters. The van der Waals surface area contributed by atoms with Crippen molar-refractivity contribution >= 4 is 34.1 Å². The predicted molar refractivity (Wildman–Crippen MR) is 173 cm³/mol. The normalized spacial score (nSPS) is 14.6. The summed E-state index contributed by atoms with van der Waals surface area (Å²) in [5, 5.41) is 7.89. The number of aromatic nitrogens is 1. The van der Waals surface area contributed by atoms with Gasteiger partial charge in [-0.15, -0.1) is 0 Å². The smallest absolute Gasteiger partial charge is 0.257 e. The van der Waals surface area contributed by atoms with E-state index in [2.05, 4.69) is 17.1 Å². The van der Waals surface area contributed by atoms with Crippen LogP contribution < -0.4 is 10.3 Å². The van der Waals surface area contributed by atoms with E-state index in [0.717, 1.165) is 39.0 Å². The first-order valence-corrected chi connectivity index (χ1v) is 14.9. The topological polar surface area (TPSA) is 74.8 Å². The summed E-state index contributed by atoms with van der Waals surface area (Å²) in [6.07, 6.45) is 2.03. The quantitative estimate of drug-likeness (QED) is 0.200. The van der Waals surface area contributed by atoms with Crippen LogP contribution in [0.4, 0.5) is 0 Å². The van der Waals surface area contributed by atoms with E-state index in [1.807, 2.05) is 85.8 Å². The summed E-state index contributed by atoms with van der Waals surface area (Å²) in [6, 6.07) is 31.3. The van der Waals surface area contributed by atoms with Gasteiger partial charge in [0.15, 0.2) is 0 Å². The molecule has 1 aliphatic heterocycles. The minimum Gasteiger partial charge on any atom is -0.497 e. The Morgan fingerprint density at radius 3 is 2.35 bits per heavy atom. The van der Waals surface area contributed by atoms with Crippen molar-refractivity contribution in [1.29, 1.82) is 0 Å². The second-order valence-corrected chi connectivity index (χ2v) is 11.2. The number of pyridine rings is 1. The Labute approximate surface area is 255 Å². The maximum absolute atomic E-state index is 13.7. The number of halogens is 1. The molecule has 6 nitrogen and oxygen atoms in total. The summed E-state index contributed by atoms with van der Waals surface area (Å²) in [5.74, 6) is 0.741. The van der Waals surface area contributed by atoms with Gasteiger partial charge in [-0.2, -0.15) is 5.10 Å². The van der Waals surface area contributed by atoms with E-state index in [1.54, 1.807) is 18.2 Å². The number of nitrogens with one attached hydrogen (secondary N) is 1. The van der Waals surface area contributed by atoms with Gasteiger partial charge in [0.05, 0.1) is 24.4 Å². The zero-order valence-corrected chi connectivity index (χ0v) is 24.9. The zero-order valence-electron chi connectivity index (χ0n) is 24.1. The van der Waals surface area contributed by atoms with Crippen LogP contribution in [0.3, 0.4) is 0 Å². The molecule has 0 fully saturated rings. The first kappa shape index (κ1) is 28.4. The van der Waals surface area contributed by atoms with Crippen LogP contribution in [0.25, 0.3) is 22.0 Å². The van der Waals surface area contributed by atoms with Crippen LogP contribution >= 0.6 is 11.6 Å². The van der Waals surface area contributed by atoms with Crippen molar-refractivity contribution in [2.24, 2.45) is 5.10 Å². The maximum atomic E-state index is 13.7. The third-order valence-electron chi connectivity index (χ3n) is 7.94. The molecular weight excluding hydrogens is 558 g/mol. The predicted octanol–water partition coefficient (Wildman–Crippen LogP) is 7.93. The lowest BCUT2D eigenvalue weighted by atomic mass is 9.91. The van der Waals surface area contributed by atoms with Gasteiger partial charge in [0.2, 0.25) is 5.91 Å². The molecule has 0 saturated carbocycles. The molecule has 0 bridgehead atoms. The molecular formula is C36H32ClN3O3. The minimum absolute atomic E-state index is 0.0633. The lowest BCUT2D eigenvalue weighted by Crippen LogP contribution is -2.26. The number of amides is 1. The van der Waals surface area contributed by atoms with Crippen LogP contribution in [0.5, 0.6) is 5.75 Å². The Morgan fingerprint density at radius 2 is 1.67 bits per heavy atom. The van der Waals surface area contributed by atoms with Crippen molar-refractivity contribution in [2.45, 2.75) is 38.6 Å². The Morgan fingerprint density at radius 1 is 0.977 bits per heavy atom. The molecule has 0 spiro atoms. The fourth-order valence-corrected chi connectivity index (χ4v) is 5.95. The maximum Gasteiger partial charge on any atom is 0.257 e. The van der Waals surface area contributed by atoms with E-state index < -0.39 is 0 Å². The molecule has 0 aliphatic carbocycles. The fourth-order valence-electron chi connectivity index (χ4n) is 5.78. The number of nitrogens with zero attached hydrogens (tertiary/aromatic N) is 2. The molecule has 2 heterocycles. The molecule has 6 rings (SSSR count). The van der Waals surface area contributed by atoms with Gasteiger partial charge < -0.3 is 9.72 Å². The molecule has 1 N–H and O–H groups in total. The highest BCUT2D eigenvalue weighted by molar-refractivity contribution is 6.31. The summed E-state index contributed by atoms with van der Waals surface area (Å²) < 4.78 is 5.29. The number of benzene rings is 4. The van der Waals surface area contributed by atoms with Crippen molar-refractivity contribution in [3.8, 4) is 16.9 Å². The van der Waals surface area contributed by atoms with E-state index in [9.17, 15) is 9.59 Å². The largest absolute Gasteiger partial charge is 0.497 e. The van der Waals surface area contributed by atoms with Crippen LogP contribution in [0.2, 0.25) is 5.02 Å². The Bertz CT molecular complexity index is 1860. The van der Waals surface area contributed by atoms with E-state index in [4.69, 9.17) is 21.4 Å². The molecule has 1 aliphatic rings. The van der Waals surface area contributed by atoms with Crippen molar-refractivity contribution in [2.75, 3.05) is 7.11 Å². The van der Waals surface area contributed by atoms with Crippen molar-refractivity contribution in [1.82, 2.24) is 9.99 Å². The third kappa shape index (κ3) is 5.84. The van der Waals surface area contributed by atoms with Gasteiger partial charge in [0.1, 0.15) is 5.75 Å².